The number of alkyl halides is 2. The third-order valence-corrected chi connectivity index (χ3v) is 6.00. The van der Waals surface area contributed by atoms with Crippen molar-refractivity contribution >= 4 is 68.6 Å². The molecule has 2 aromatic carbocycles. The number of amides is 4. The maximum atomic E-state index is 12.0. The number of urea groups is 2. The van der Waals surface area contributed by atoms with Crippen LogP contribution in [0.4, 0.5) is 21.0 Å². The van der Waals surface area contributed by atoms with E-state index >= 15 is 0 Å². The molecular formula is C23H30I2N4O2. The summed E-state index contributed by atoms with van der Waals surface area (Å²) in [6, 6.07) is 15.3. The molecule has 2 rings (SSSR count). The quantitative estimate of drug-likeness (QED) is 0.130. The summed E-state index contributed by atoms with van der Waals surface area (Å²) in [6.07, 6.45) is 4.88. The SMILES string of the molecule is O=C(NCCCCI)Nc1cccc(Cc2cccc(NC(=O)NCCCCI)c2)c1. The summed E-state index contributed by atoms with van der Waals surface area (Å²) in [7, 11) is 0. The molecule has 0 aliphatic rings. The lowest BCUT2D eigenvalue weighted by Gasteiger charge is -2.11. The number of unbranched alkanes of at least 4 members (excludes halogenated alkanes) is 2. The molecule has 0 atom stereocenters. The first-order valence-electron chi connectivity index (χ1n) is 10.5. The van der Waals surface area contributed by atoms with Gasteiger partial charge >= 0.3 is 12.1 Å². The molecule has 0 fully saturated rings. The van der Waals surface area contributed by atoms with Crippen molar-refractivity contribution in [3.8, 4) is 0 Å². The van der Waals surface area contributed by atoms with Crippen LogP contribution in [0.1, 0.15) is 36.8 Å². The average molecular weight is 648 g/mol. The van der Waals surface area contributed by atoms with Gasteiger partial charge in [0.2, 0.25) is 0 Å². The predicted octanol–water partition coefficient (Wildman–Crippen LogP) is 5.95. The standard InChI is InChI=1S/C23H30I2N4O2/c24-11-1-3-13-26-22(30)28-20-9-5-7-18(16-20)15-19-8-6-10-21(17-19)29-23(31)27-14-4-2-12-25/h5-10,16-17H,1-4,11-15H2,(H2,26,28,30)(H2,27,29,31). The van der Waals surface area contributed by atoms with E-state index in [0.29, 0.717) is 19.5 Å². The van der Waals surface area contributed by atoms with Gasteiger partial charge in [0.1, 0.15) is 0 Å². The maximum Gasteiger partial charge on any atom is 0.319 e. The zero-order chi connectivity index (χ0) is 22.3. The van der Waals surface area contributed by atoms with Crippen LogP contribution in [0.2, 0.25) is 0 Å². The molecule has 31 heavy (non-hydrogen) atoms. The summed E-state index contributed by atoms with van der Waals surface area (Å²) in [4.78, 5) is 24.1. The molecule has 8 heteroatoms. The highest BCUT2D eigenvalue weighted by Gasteiger charge is 2.05. The van der Waals surface area contributed by atoms with Gasteiger partial charge in [0, 0.05) is 24.5 Å². The molecule has 168 valence electrons. The van der Waals surface area contributed by atoms with Crippen molar-refractivity contribution in [2.75, 3.05) is 32.6 Å². The molecule has 4 N–H and O–H groups in total. The van der Waals surface area contributed by atoms with E-state index in [1.54, 1.807) is 0 Å². The van der Waals surface area contributed by atoms with Crippen molar-refractivity contribution in [3.63, 3.8) is 0 Å². The van der Waals surface area contributed by atoms with Crippen LogP contribution in [0.25, 0.3) is 0 Å². The molecule has 0 bridgehead atoms. The minimum atomic E-state index is -0.179. The molecule has 0 saturated carbocycles. The van der Waals surface area contributed by atoms with E-state index in [4.69, 9.17) is 0 Å². The van der Waals surface area contributed by atoms with Crippen LogP contribution in [-0.2, 0) is 6.42 Å². The number of carbonyl (C=O) groups is 2. The van der Waals surface area contributed by atoms with Gasteiger partial charge in [0.15, 0.2) is 0 Å². The Kier molecular flexibility index (Phi) is 12.7. The second kappa shape index (κ2) is 15.3. The van der Waals surface area contributed by atoms with E-state index in [1.165, 1.54) is 0 Å². The molecule has 0 aliphatic carbocycles. The first-order chi connectivity index (χ1) is 15.1. The smallest absolute Gasteiger partial charge is 0.319 e. The number of carbonyl (C=O) groups excluding carboxylic acids is 2. The van der Waals surface area contributed by atoms with Gasteiger partial charge < -0.3 is 21.3 Å². The fourth-order valence-electron chi connectivity index (χ4n) is 2.95. The second-order valence-electron chi connectivity index (χ2n) is 7.13. The van der Waals surface area contributed by atoms with Gasteiger partial charge in [-0.05, 0) is 76.4 Å². The Morgan fingerprint density at radius 2 is 1.13 bits per heavy atom. The number of anilines is 2. The molecule has 0 aromatic heterocycles. The number of nitrogens with one attached hydrogen (secondary N) is 4. The van der Waals surface area contributed by atoms with Crippen LogP contribution in [0.15, 0.2) is 48.5 Å². The van der Waals surface area contributed by atoms with Gasteiger partial charge in [0.05, 0.1) is 0 Å². The van der Waals surface area contributed by atoms with E-state index < -0.39 is 0 Å². The Morgan fingerprint density at radius 1 is 0.677 bits per heavy atom. The molecule has 0 saturated heterocycles. The Bertz CT molecular complexity index is 765. The second-order valence-corrected chi connectivity index (χ2v) is 9.29. The lowest BCUT2D eigenvalue weighted by Crippen LogP contribution is -2.29. The van der Waals surface area contributed by atoms with Crippen LogP contribution in [0.3, 0.4) is 0 Å². The highest BCUT2D eigenvalue weighted by atomic mass is 127. The molecule has 0 heterocycles. The normalized spacial score (nSPS) is 10.4. The average Bonchev–Trinajstić information content (AvgIpc) is 2.75. The predicted molar refractivity (Wildman–Crippen MR) is 146 cm³/mol. The molecule has 4 amide bonds. The fraction of sp³-hybridized carbons (Fsp3) is 0.391. The van der Waals surface area contributed by atoms with Crippen molar-refractivity contribution in [1.29, 1.82) is 0 Å². The van der Waals surface area contributed by atoms with Crippen LogP contribution in [0.5, 0.6) is 0 Å². The van der Waals surface area contributed by atoms with E-state index in [2.05, 4.69) is 66.4 Å². The minimum absolute atomic E-state index is 0.179. The number of hydrogen-bond acceptors (Lipinski definition) is 2. The van der Waals surface area contributed by atoms with E-state index in [0.717, 1.165) is 57.0 Å². The number of halogens is 2. The molecular weight excluding hydrogens is 618 g/mol. The Balaban J connectivity index is 1.87. The van der Waals surface area contributed by atoms with Gasteiger partial charge in [0.25, 0.3) is 0 Å². The van der Waals surface area contributed by atoms with Crippen molar-refractivity contribution in [1.82, 2.24) is 10.6 Å². The minimum Gasteiger partial charge on any atom is -0.338 e. The van der Waals surface area contributed by atoms with Crippen LogP contribution >= 0.6 is 45.2 Å². The lowest BCUT2D eigenvalue weighted by molar-refractivity contribution is 0.251. The Hall–Kier alpha value is -1.56. The van der Waals surface area contributed by atoms with Crippen molar-refractivity contribution in [2.24, 2.45) is 0 Å². The summed E-state index contributed by atoms with van der Waals surface area (Å²) >= 11 is 4.68. The molecule has 6 nitrogen and oxygen atoms in total. The third kappa shape index (κ3) is 11.0. The van der Waals surface area contributed by atoms with Crippen molar-refractivity contribution in [3.05, 3.63) is 59.7 Å². The summed E-state index contributed by atoms with van der Waals surface area (Å²) in [5.74, 6) is 0. The largest absolute Gasteiger partial charge is 0.338 e. The Morgan fingerprint density at radius 3 is 1.55 bits per heavy atom. The lowest BCUT2D eigenvalue weighted by atomic mass is 10.0. The fourth-order valence-corrected chi connectivity index (χ4v) is 4.03. The number of rotatable bonds is 12. The first kappa shape index (κ1) is 25.7. The molecule has 0 unspecified atom stereocenters. The van der Waals surface area contributed by atoms with E-state index in [1.807, 2.05) is 48.5 Å². The van der Waals surface area contributed by atoms with Crippen molar-refractivity contribution < 1.29 is 9.59 Å². The first-order valence-corrected chi connectivity index (χ1v) is 13.6. The topological polar surface area (TPSA) is 82.3 Å². The molecule has 0 radical (unpaired) electrons. The highest BCUT2D eigenvalue weighted by molar-refractivity contribution is 14.1. The van der Waals surface area contributed by atoms with Crippen molar-refractivity contribution in [2.45, 2.75) is 32.1 Å². The highest BCUT2D eigenvalue weighted by Crippen LogP contribution is 2.17. The van der Waals surface area contributed by atoms with Gasteiger partial charge in [-0.1, -0.05) is 69.4 Å². The zero-order valence-corrected chi connectivity index (χ0v) is 21.9. The molecule has 0 aliphatic heterocycles. The van der Waals surface area contributed by atoms with Gasteiger partial charge in [-0.25, -0.2) is 9.59 Å². The summed E-state index contributed by atoms with van der Waals surface area (Å²) in [6.45, 7) is 1.36. The van der Waals surface area contributed by atoms with Crippen LogP contribution < -0.4 is 21.3 Å². The molecule has 2 aromatic rings. The van der Waals surface area contributed by atoms with E-state index in [9.17, 15) is 9.59 Å². The third-order valence-electron chi connectivity index (χ3n) is 4.47. The van der Waals surface area contributed by atoms with E-state index in [-0.39, 0.29) is 12.1 Å². The Labute approximate surface area is 212 Å². The van der Waals surface area contributed by atoms with Gasteiger partial charge in [-0.2, -0.15) is 0 Å². The monoisotopic (exact) mass is 648 g/mol. The maximum absolute atomic E-state index is 12.0. The number of benzene rings is 2. The van der Waals surface area contributed by atoms with Gasteiger partial charge in [-0.3, -0.25) is 0 Å². The number of hydrogen-bond donors (Lipinski definition) is 4. The summed E-state index contributed by atoms with van der Waals surface area (Å²) in [5, 5.41) is 11.6. The van der Waals surface area contributed by atoms with Gasteiger partial charge in [-0.15, -0.1) is 0 Å². The zero-order valence-electron chi connectivity index (χ0n) is 17.6. The summed E-state index contributed by atoms with van der Waals surface area (Å²) < 4.78 is 2.20. The summed E-state index contributed by atoms with van der Waals surface area (Å²) in [5.41, 5.74) is 3.71. The van der Waals surface area contributed by atoms with Crippen LogP contribution in [-0.4, -0.2) is 34.0 Å². The molecule has 0 spiro atoms. The van der Waals surface area contributed by atoms with Crippen LogP contribution in [0, 0.1) is 0 Å².